The van der Waals surface area contributed by atoms with Crippen molar-refractivity contribution in [1.29, 1.82) is 0 Å². The monoisotopic (exact) mass is 526 g/mol. The molecule has 4 N–H and O–H groups in total. The number of aliphatic hydroxyl groups excluding tert-OH is 1. The molecule has 1 unspecified atom stereocenters. The first-order valence-corrected chi connectivity index (χ1v) is 13.8. The summed E-state index contributed by atoms with van der Waals surface area (Å²) < 4.78 is 5.17. The van der Waals surface area contributed by atoms with Crippen molar-refractivity contribution in [2.24, 2.45) is 5.92 Å². The molecule has 1 fully saturated rings. The number of nitrogens with zero attached hydrogens (tertiary/aromatic N) is 1. The third-order valence-electron chi connectivity index (χ3n) is 7.56. The Morgan fingerprint density at radius 1 is 1.00 bits per heavy atom. The number of carbonyl (C=O) groups excluding carboxylic acids is 1. The lowest BCUT2D eigenvalue weighted by Gasteiger charge is -2.32. The van der Waals surface area contributed by atoms with E-state index in [-0.39, 0.29) is 12.5 Å². The number of aliphatic hydroxyl groups is 1. The van der Waals surface area contributed by atoms with Crippen molar-refractivity contribution in [2.75, 3.05) is 38.2 Å². The van der Waals surface area contributed by atoms with Gasteiger partial charge >= 0.3 is 0 Å². The maximum atomic E-state index is 12.8. The van der Waals surface area contributed by atoms with Gasteiger partial charge in [0.05, 0.1) is 13.2 Å². The highest BCUT2D eigenvalue weighted by Gasteiger charge is 2.21. The zero-order chi connectivity index (χ0) is 27.0. The lowest BCUT2D eigenvalue weighted by molar-refractivity contribution is 0.0915. The third-order valence-corrected chi connectivity index (χ3v) is 7.56. The number of hydrogen-bond acceptors (Lipinski definition) is 5. The van der Waals surface area contributed by atoms with Gasteiger partial charge in [-0.3, -0.25) is 4.79 Å². The van der Waals surface area contributed by atoms with Crippen LogP contribution in [0.15, 0.2) is 78.9 Å². The van der Waals surface area contributed by atoms with Gasteiger partial charge in [0, 0.05) is 49.2 Å². The van der Waals surface area contributed by atoms with Gasteiger partial charge in [-0.05, 0) is 72.7 Å². The van der Waals surface area contributed by atoms with Crippen LogP contribution in [0.1, 0.15) is 34.3 Å². The molecule has 0 bridgehead atoms. The predicted octanol–water partition coefficient (Wildman–Crippen LogP) is 4.52. The SMILES string of the molecule is COc1ccc(CNCC(O)CNC(=O)c2ccc3[nH]c(N4CCC(Cc5ccccc5)CC4)cc3c2)cc1. The summed E-state index contributed by atoms with van der Waals surface area (Å²) in [4.78, 5) is 18.7. The van der Waals surface area contributed by atoms with Gasteiger partial charge in [-0.25, -0.2) is 0 Å². The summed E-state index contributed by atoms with van der Waals surface area (Å²) in [6.07, 6.45) is 2.82. The minimum atomic E-state index is -0.681. The Hall–Kier alpha value is -3.81. The lowest BCUT2D eigenvalue weighted by atomic mass is 9.90. The van der Waals surface area contributed by atoms with E-state index in [1.165, 1.54) is 18.4 Å². The van der Waals surface area contributed by atoms with Gasteiger partial charge in [0.1, 0.15) is 11.6 Å². The molecular formula is C32H38N4O3. The number of aromatic amines is 1. The molecule has 0 spiro atoms. The first-order chi connectivity index (χ1) is 19.1. The molecule has 1 saturated heterocycles. The molecule has 4 aromatic rings. The minimum absolute atomic E-state index is 0.183. The van der Waals surface area contributed by atoms with Crippen molar-refractivity contribution in [1.82, 2.24) is 15.6 Å². The second-order valence-corrected chi connectivity index (χ2v) is 10.4. The number of fused-ring (bicyclic) bond motifs is 1. The first-order valence-electron chi connectivity index (χ1n) is 13.8. The maximum Gasteiger partial charge on any atom is 0.251 e. The number of H-pyrrole nitrogens is 1. The summed E-state index contributed by atoms with van der Waals surface area (Å²) in [5.74, 6) is 2.46. The molecule has 204 valence electrons. The Kier molecular flexibility index (Phi) is 8.81. The summed E-state index contributed by atoms with van der Waals surface area (Å²) in [5.41, 5.74) is 4.14. The van der Waals surface area contributed by atoms with Gasteiger partial charge < -0.3 is 30.4 Å². The predicted molar refractivity (Wildman–Crippen MR) is 156 cm³/mol. The number of amides is 1. The summed E-state index contributed by atoms with van der Waals surface area (Å²) in [5, 5.41) is 17.4. The van der Waals surface area contributed by atoms with Crippen LogP contribution in [0, 0.1) is 5.92 Å². The van der Waals surface area contributed by atoms with Gasteiger partial charge in [0.2, 0.25) is 0 Å². The van der Waals surface area contributed by atoms with Crippen molar-refractivity contribution in [3.8, 4) is 5.75 Å². The van der Waals surface area contributed by atoms with Crippen molar-refractivity contribution in [2.45, 2.75) is 31.9 Å². The van der Waals surface area contributed by atoms with E-state index in [1.807, 2.05) is 42.5 Å². The van der Waals surface area contributed by atoms with Crippen molar-refractivity contribution in [3.63, 3.8) is 0 Å². The van der Waals surface area contributed by atoms with E-state index in [2.05, 4.69) is 56.9 Å². The number of aromatic nitrogens is 1. The third kappa shape index (κ3) is 7.19. The van der Waals surface area contributed by atoms with E-state index in [9.17, 15) is 9.90 Å². The fourth-order valence-electron chi connectivity index (χ4n) is 5.27. The quantitative estimate of drug-likeness (QED) is 0.231. The number of piperidine rings is 1. The number of anilines is 1. The molecule has 1 amide bonds. The molecule has 0 saturated carbocycles. The Morgan fingerprint density at radius 2 is 1.77 bits per heavy atom. The van der Waals surface area contributed by atoms with Crippen LogP contribution >= 0.6 is 0 Å². The number of ether oxygens (including phenoxy) is 1. The number of nitrogens with one attached hydrogen (secondary N) is 3. The Labute approximate surface area is 230 Å². The van der Waals surface area contributed by atoms with Crippen LogP contribution in [-0.4, -0.2) is 55.4 Å². The van der Waals surface area contributed by atoms with Crippen LogP contribution in [0.3, 0.4) is 0 Å². The van der Waals surface area contributed by atoms with E-state index in [4.69, 9.17) is 4.74 Å². The van der Waals surface area contributed by atoms with Crippen LogP contribution in [0.5, 0.6) is 5.75 Å². The normalized spacial score (nSPS) is 14.9. The molecule has 0 aliphatic carbocycles. The molecule has 7 heteroatoms. The first kappa shape index (κ1) is 26.8. The molecular weight excluding hydrogens is 488 g/mol. The lowest BCUT2D eigenvalue weighted by Crippen LogP contribution is -2.37. The average Bonchev–Trinajstić information content (AvgIpc) is 3.41. The van der Waals surface area contributed by atoms with E-state index < -0.39 is 6.10 Å². The minimum Gasteiger partial charge on any atom is -0.497 e. The van der Waals surface area contributed by atoms with Crippen LogP contribution in [-0.2, 0) is 13.0 Å². The molecule has 7 nitrogen and oxygen atoms in total. The second kappa shape index (κ2) is 12.8. The highest BCUT2D eigenvalue weighted by Crippen LogP contribution is 2.28. The standard InChI is InChI=1S/C32H38N4O3/c1-39-29-10-7-25(8-11-29)20-33-21-28(37)22-34-32(38)26-9-12-30-27(18-26)19-31(35-30)36-15-13-24(14-16-36)17-23-5-3-2-4-6-23/h2-12,18-19,24,28,33,35,37H,13-17,20-22H2,1H3,(H,34,38). The van der Waals surface area contributed by atoms with Crippen molar-refractivity contribution < 1.29 is 14.6 Å². The number of methoxy groups -OCH3 is 1. The number of hydrogen-bond donors (Lipinski definition) is 4. The largest absolute Gasteiger partial charge is 0.497 e. The molecule has 1 aliphatic rings. The van der Waals surface area contributed by atoms with Gasteiger partial charge in [-0.1, -0.05) is 42.5 Å². The zero-order valence-electron chi connectivity index (χ0n) is 22.5. The van der Waals surface area contributed by atoms with Crippen molar-refractivity contribution >= 4 is 22.6 Å². The van der Waals surface area contributed by atoms with Gasteiger partial charge in [0.15, 0.2) is 0 Å². The second-order valence-electron chi connectivity index (χ2n) is 10.4. The summed E-state index contributed by atoms with van der Waals surface area (Å²) in [6, 6.07) is 26.4. The van der Waals surface area contributed by atoms with Gasteiger partial charge in [-0.15, -0.1) is 0 Å². The van der Waals surface area contributed by atoms with Gasteiger partial charge in [-0.2, -0.15) is 0 Å². The van der Waals surface area contributed by atoms with Gasteiger partial charge in [0.25, 0.3) is 5.91 Å². The topological polar surface area (TPSA) is 89.6 Å². The molecule has 1 atom stereocenters. The highest BCUT2D eigenvalue weighted by molar-refractivity contribution is 5.98. The van der Waals surface area contributed by atoms with E-state index >= 15 is 0 Å². The van der Waals surface area contributed by atoms with Crippen LogP contribution in [0.25, 0.3) is 10.9 Å². The maximum absolute atomic E-state index is 12.8. The van der Waals surface area contributed by atoms with E-state index in [1.54, 1.807) is 7.11 Å². The summed E-state index contributed by atoms with van der Waals surface area (Å²) in [7, 11) is 1.64. The fourth-order valence-corrected chi connectivity index (χ4v) is 5.27. The Balaban J connectivity index is 1.08. The highest BCUT2D eigenvalue weighted by atomic mass is 16.5. The van der Waals surface area contributed by atoms with Crippen molar-refractivity contribution in [3.05, 3.63) is 95.6 Å². The number of benzene rings is 3. The van der Waals surface area contributed by atoms with Crippen LogP contribution < -0.4 is 20.3 Å². The number of rotatable bonds is 11. The average molecular weight is 527 g/mol. The summed E-state index contributed by atoms with van der Waals surface area (Å²) >= 11 is 0. The molecule has 5 rings (SSSR count). The molecule has 39 heavy (non-hydrogen) atoms. The molecule has 2 heterocycles. The molecule has 0 radical (unpaired) electrons. The van der Waals surface area contributed by atoms with Crippen LogP contribution in [0.4, 0.5) is 5.82 Å². The molecule has 1 aromatic heterocycles. The smallest absolute Gasteiger partial charge is 0.251 e. The Bertz CT molecular complexity index is 1350. The molecule has 3 aromatic carbocycles. The zero-order valence-corrected chi connectivity index (χ0v) is 22.5. The van der Waals surface area contributed by atoms with E-state index in [0.29, 0.717) is 18.7 Å². The fraction of sp³-hybridized carbons (Fsp3) is 0.344. The van der Waals surface area contributed by atoms with Crippen LogP contribution in [0.2, 0.25) is 0 Å². The summed E-state index contributed by atoms with van der Waals surface area (Å²) in [6.45, 7) is 3.26. The molecule has 1 aliphatic heterocycles. The Morgan fingerprint density at radius 3 is 2.51 bits per heavy atom. The van der Waals surface area contributed by atoms with E-state index in [0.717, 1.165) is 53.5 Å². The number of carbonyl (C=O) groups is 1.